The van der Waals surface area contributed by atoms with Crippen molar-refractivity contribution in [2.75, 3.05) is 24.5 Å². The van der Waals surface area contributed by atoms with Crippen LogP contribution in [0.25, 0.3) is 10.9 Å². The maximum Gasteiger partial charge on any atom is 0.511 e. The molecule has 2 unspecified atom stereocenters. The van der Waals surface area contributed by atoms with E-state index in [2.05, 4.69) is 4.74 Å². The van der Waals surface area contributed by atoms with Gasteiger partial charge >= 0.3 is 12.2 Å². The predicted octanol–water partition coefficient (Wildman–Crippen LogP) is 4.51. The quantitative estimate of drug-likeness (QED) is 0.613. The lowest BCUT2D eigenvalue weighted by molar-refractivity contribution is 0.0272. The van der Waals surface area contributed by atoms with Gasteiger partial charge in [-0.25, -0.2) is 18.4 Å². The number of nitrogens with zero attached hydrogens (tertiary/aromatic N) is 3. The molecule has 5 rings (SSSR count). The lowest BCUT2D eigenvalue weighted by Crippen LogP contribution is -2.40. The van der Waals surface area contributed by atoms with Crippen molar-refractivity contribution in [3.8, 4) is 5.75 Å². The minimum Gasteiger partial charge on any atom is -0.449 e. The molecule has 1 N–H and O–H groups in total. The molecule has 1 aliphatic carbocycles. The highest BCUT2D eigenvalue weighted by Crippen LogP contribution is 2.47. The zero-order valence-electron chi connectivity index (χ0n) is 20.6. The molecule has 36 heavy (non-hydrogen) atoms. The summed E-state index contributed by atoms with van der Waals surface area (Å²) in [5.41, 5.74) is -2.27. The van der Waals surface area contributed by atoms with E-state index in [1.165, 1.54) is 10.8 Å². The van der Waals surface area contributed by atoms with Gasteiger partial charge in [-0.1, -0.05) is 6.92 Å². The smallest absolute Gasteiger partial charge is 0.449 e. The largest absolute Gasteiger partial charge is 0.511 e. The Labute approximate surface area is 206 Å². The molecule has 1 aromatic carbocycles. The van der Waals surface area contributed by atoms with E-state index in [9.17, 15) is 14.4 Å². The summed E-state index contributed by atoms with van der Waals surface area (Å²) in [6, 6.07) is 0.470. The Balaban J connectivity index is 1.57. The second-order valence-corrected chi connectivity index (χ2v) is 11.2. The Kier molecular flexibility index (Phi) is 5.46. The molecule has 1 amide bonds. The van der Waals surface area contributed by atoms with Crippen LogP contribution in [0.5, 0.6) is 5.75 Å². The molecule has 3 fully saturated rings. The van der Waals surface area contributed by atoms with Crippen molar-refractivity contribution in [3.05, 3.63) is 34.1 Å². The highest BCUT2D eigenvalue weighted by Gasteiger charge is 2.53. The molecule has 0 radical (unpaired) electrons. The summed E-state index contributed by atoms with van der Waals surface area (Å²) in [7, 11) is 0. The van der Waals surface area contributed by atoms with E-state index >= 15 is 8.78 Å². The Morgan fingerprint density at radius 1 is 1.22 bits per heavy atom. The molecule has 194 valence electrons. The van der Waals surface area contributed by atoms with Crippen molar-refractivity contribution in [3.63, 3.8) is 0 Å². The normalized spacial score (nSPS) is 23.8. The zero-order chi connectivity index (χ0) is 26.2. The van der Waals surface area contributed by atoms with Crippen molar-refractivity contribution in [2.45, 2.75) is 64.6 Å². The molecular weight excluding hydrogens is 476 g/mol. The highest BCUT2D eigenvalue weighted by molar-refractivity contribution is 5.86. The molecule has 2 aromatic rings. The Hall–Kier alpha value is -3.37. The van der Waals surface area contributed by atoms with Gasteiger partial charge in [0.1, 0.15) is 17.1 Å². The van der Waals surface area contributed by atoms with Gasteiger partial charge in [-0.15, -0.1) is 0 Å². The molecule has 1 saturated carbocycles. The molecule has 0 spiro atoms. The van der Waals surface area contributed by atoms with E-state index in [1.54, 1.807) is 30.6 Å². The molecule has 2 atom stereocenters. The maximum absolute atomic E-state index is 16.2. The third kappa shape index (κ3) is 4.04. The van der Waals surface area contributed by atoms with Crippen LogP contribution in [0.2, 0.25) is 0 Å². The first-order valence-corrected chi connectivity index (χ1v) is 12.0. The number of pyridine rings is 1. The van der Waals surface area contributed by atoms with Crippen LogP contribution in [-0.2, 0) is 4.74 Å². The minimum atomic E-state index is -1.68. The van der Waals surface area contributed by atoms with Gasteiger partial charge in [0.25, 0.3) is 0 Å². The number of benzene rings is 1. The third-order valence-corrected chi connectivity index (χ3v) is 7.28. The molecule has 0 bridgehead atoms. The van der Waals surface area contributed by atoms with Gasteiger partial charge < -0.3 is 28.9 Å². The molecule has 1 aromatic heterocycles. The SMILES string of the molecule is CC(C)(C)OC(=O)N1CC2N(c3c(F)cc4c(=O)c(OC(=O)O)cn(C5CC5)c4c3F)CCC2(C)C1. The Morgan fingerprint density at radius 2 is 1.92 bits per heavy atom. The summed E-state index contributed by atoms with van der Waals surface area (Å²) in [5.74, 6) is -2.30. The number of hydrogen-bond donors (Lipinski definition) is 1. The number of carboxylic acid groups (broad SMARTS) is 1. The monoisotopic (exact) mass is 505 g/mol. The van der Waals surface area contributed by atoms with Gasteiger partial charge in [-0.3, -0.25) is 4.79 Å². The average molecular weight is 506 g/mol. The summed E-state index contributed by atoms with van der Waals surface area (Å²) < 4.78 is 43.3. The van der Waals surface area contributed by atoms with E-state index in [-0.39, 0.29) is 40.6 Å². The first-order chi connectivity index (χ1) is 16.8. The van der Waals surface area contributed by atoms with Crippen LogP contribution in [0.15, 0.2) is 17.1 Å². The molecule has 2 aliphatic heterocycles. The van der Waals surface area contributed by atoms with Crippen LogP contribution in [0, 0.1) is 17.0 Å². The molecule has 9 nitrogen and oxygen atoms in total. The number of amides is 1. The number of anilines is 1. The van der Waals surface area contributed by atoms with Crippen molar-refractivity contribution >= 4 is 28.8 Å². The number of likely N-dealkylation sites (tertiary alicyclic amines) is 1. The fourth-order valence-electron chi connectivity index (χ4n) is 5.50. The van der Waals surface area contributed by atoms with Crippen LogP contribution >= 0.6 is 0 Å². The molecular formula is C25H29F2N3O6. The first kappa shape index (κ1) is 24.3. The van der Waals surface area contributed by atoms with E-state index in [1.807, 2.05) is 6.92 Å². The predicted molar refractivity (Wildman–Crippen MR) is 127 cm³/mol. The fourth-order valence-corrected chi connectivity index (χ4v) is 5.50. The van der Waals surface area contributed by atoms with Gasteiger partial charge in [0, 0.05) is 31.1 Å². The standard InChI is InChI=1S/C25H29F2N3O6/c1-24(2,3)36-22(32)28-11-17-25(4,12-28)7-8-29(17)20-15(26)9-14-19(18(20)27)30(13-5-6-13)10-16(21(14)31)35-23(33)34/h9-10,13,17H,5-8,11-12H2,1-4H3,(H,33,34). The first-order valence-electron chi connectivity index (χ1n) is 12.0. The summed E-state index contributed by atoms with van der Waals surface area (Å²) in [4.78, 5) is 39.8. The fraction of sp³-hybridized carbons (Fsp3) is 0.560. The number of rotatable bonds is 3. The Morgan fingerprint density at radius 3 is 2.53 bits per heavy atom. The number of ether oxygens (including phenoxy) is 2. The number of hydrogen-bond acceptors (Lipinski definition) is 6. The zero-order valence-corrected chi connectivity index (χ0v) is 20.6. The molecule has 11 heteroatoms. The van der Waals surface area contributed by atoms with Crippen LogP contribution in [0.1, 0.15) is 53.0 Å². The molecule has 2 saturated heterocycles. The van der Waals surface area contributed by atoms with Gasteiger partial charge in [-0.2, -0.15) is 0 Å². The van der Waals surface area contributed by atoms with Crippen molar-refractivity contribution in [1.29, 1.82) is 0 Å². The number of carbonyl (C=O) groups excluding carboxylic acids is 1. The van der Waals surface area contributed by atoms with Crippen molar-refractivity contribution < 1.29 is 33.0 Å². The number of aromatic nitrogens is 1. The van der Waals surface area contributed by atoms with Gasteiger partial charge in [0.2, 0.25) is 5.43 Å². The lowest BCUT2D eigenvalue weighted by atomic mass is 9.85. The van der Waals surface area contributed by atoms with Crippen molar-refractivity contribution in [2.24, 2.45) is 5.41 Å². The lowest BCUT2D eigenvalue weighted by Gasteiger charge is -2.30. The van der Waals surface area contributed by atoms with E-state index in [0.717, 1.165) is 6.07 Å². The van der Waals surface area contributed by atoms with Crippen LogP contribution in [0.3, 0.4) is 0 Å². The van der Waals surface area contributed by atoms with E-state index in [0.29, 0.717) is 32.4 Å². The summed E-state index contributed by atoms with van der Waals surface area (Å²) in [6.07, 6.45) is 1.09. The highest BCUT2D eigenvalue weighted by atomic mass is 19.1. The van der Waals surface area contributed by atoms with Gasteiger partial charge in [0.15, 0.2) is 11.6 Å². The minimum absolute atomic E-state index is 0.0766. The average Bonchev–Trinajstić information content (AvgIpc) is 3.47. The van der Waals surface area contributed by atoms with Crippen LogP contribution in [0.4, 0.5) is 24.1 Å². The molecule has 3 heterocycles. The number of carbonyl (C=O) groups is 2. The van der Waals surface area contributed by atoms with Gasteiger partial charge in [-0.05, 0) is 46.1 Å². The topological polar surface area (TPSA) is 101 Å². The summed E-state index contributed by atoms with van der Waals surface area (Å²) in [5, 5.41) is 8.70. The maximum atomic E-state index is 16.2. The van der Waals surface area contributed by atoms with E-state index < -0.39 is 40.7 Å². The van der Waals surface area contributed by atoms with Gasteiger partial charge in [0.05, 0.1) is 23.1 Å². The van der Waals surface area contributed by atoms with Crippen LogP contribution < -0.4 is 15.1 Å². The Bertz CT molecular complexity index is 1330. The summed E-state index contributed by atoms with van der Waals surface area (Å²) >= 11 is 0. The number of fused-ring (bicyclic) bond motifs is 2. The van der Waals surface area contributed by atoms with E-state index in [4.69, 9.17) is 9.84 Å². The second kappa shape index (κ2) is 8.07. The summed E-state index contributed by atoms with van der Waals surface area (Å²) in [6.45, 7) is 8.38. The second-order valence-electron chi connectivity index (χ2n) is 11.2. The number of halogens is 2. The van der Waals surface area contributed by atoms with Crippen LogP contribution in [-0.4, -0.2) is 58.1 Å². The molecule has 3 aliphatic rings. The third-order valence-electron chi connectivity index (χ3n) is 7.28. The van der Waals surface area contributed by atoms with Crippen molar-refractivity contribution in [1.82, 2.24) is 9.47 Å².